The van der Waals surface area contributed by atoms with Gasteiger partial charge in [0.1, 0.15) is 5.69 Å². The number of hydrogen-bond donors (Lipinski definition) is 0. The lowest BCUT2D eigenvalue weighted by atomic mass is 9.90. The van der Waals surface area contributed by atoms with E-state index >= 15 is 0 Å². The highest BCUT2D eigenvalue weighted by Crippen LogP contribution is 2.26. The van der Waals surface area contributed by atoms with Gasteiger partial charge in [0.05, 0.1) is 18.0 Å². The number of carbonyl (C=O) groups excluding carboxylic acids is 1. The predicted octanol–water partition coefficient (Wildman–Crippen LogP) is 4.09. The molecule has 160 valence electrons. The molecule has 0 radical (unpaired) electrons. The lowest BCUT2D eigenvalue weighted by molar-refractivity contribution is 0.0655. The number of aryl methyl sites for hydroxylation is 1. The largest absolute Gasteiger partial charge is 0.474 e. The number of ether oxygens (including phenoxy) is 1. The van der Waals surface area contributed by atoms with Gasteiger partial charge in [0, 0.05) is 19.5 Å². The van der Waals surface area contributed by atoms with Crippen molar-refractivity contribution in [3.63, 3.8) is 0 Å². The van der Waals surface area contributed by atoms with Crippen molar-refractivity contribution in [2.24, 2.45) is 13.0 Å². The maximum atomic E-state index is 12.9. The van der Waals surface area contributed by atoms with Crippen LogP contribution < -0.4 is 4.74 Å². The van der Waals surface area contributed by atoms with Crippen LogP contribution in [0.25, 0.3) is 11.0 Å². The summed E-state index contributed by atoms with van der Waals surface area (Å²) >= 11 is 0. The fraction of sp³-hybridized carbons (Fsp3) is 0.667. The van der Waals surface area contributed by atoms with Crippen LogP contribution in [0, 0.1) is 5.92 Å². The molecule has 3 rings (SSSR count). The first-order valence-electron chi connectivity index (χ1n) is 10.4. The van der Waals surface area contributed by atoms with Crippen LogP contribution in [0.3, 0.4) is 0 Å². The smallest absolute Gasteiger partial charge is 0.251 e. The topological polar surface area (TPSA) is 60.2 Å². The number of rotatable bonds is 9. The van der Waals surface area contributed by atoms with E-state index in [0.717, 1.165) is 31.1 Å². The van der Waals surface area contributed by atoms with Crippen molar-refractivity contribution in [3.05, 3.63) is 17.8 Å². The van der Waals surface area contributed by atoms with E-state index in [1.165, 1.54) is 0 Å². The molecule has 0 unspecified atom stereocenters. The molecule has 0 atom stereocenters. The zero-order valence-corrected chi connectivity index (χ0v) is 17.4. The fourth-order valence-corrected chi connectivity index (χ4v) is 3.94. The molecular formula is C21H30F2N4O2. The van der Waals surface area contributed by atoms with E-state index < -0.39 is 6.43 Å². The zero-order valence-electron chi connectivity index (χ0n) is 17.4. The van der Waals surface area contributed by atoms with Crippen molar-refractivity contribution >= 4 is 16.8 Å². The first-order chi connectivity index (χ1) is 13.9. The average molecular weight is 408 g/mol. The lowest BCUT2D eigenvalue weighted by Gasteiger charge is -2.31. The Morgan fingerprint density at radius 1 is 1.24 bits per heavy atom. The van der Waals surface area contributed by atoms with E-state index in [1.54, 1.807) is 22.7 Å². The van der Waals surface area contributed by atoms with Gasteiger partial charge in [-0.05, 0) is 50.8 Å². The van der Waals surface area contributed by atoms with Gasteiger partial charge < -0.3 is 4.74 Å². The summed E-state index contributed by atoms with van der Waals surface area (Å²) in [5, 5.41) is 5.14. The molecule has 3 heterocycles. The summed E-state index contributed by atoms with van der Waals surface area (Å²) in [6.07, 6.45) is 1.53. The standard InChI is InChI=1S/C21H30F2N4O2/c1-4-15(5-2)29-19-7-6-16-20(25-26(3)21(16)24-19)17(28)12-14-8-10-27(11-9-14)13-18(22)23/h6-7,14-15,18H,4-5,8-13H2,1-3H3. The summed E-state index contributed by atoms with van der Waals surface area (Å²) in [5.74, 6) is 0.733. The normalized spacial score (nSPS) is 16.2. The SMILES string of the molecule is CCC(CC)Oc1ccc2c(C(=O)CC3CCN(CC(F)F)CC3)nn(C)c2n1. The number of Topliss-reactive ketones (excluding diaryl/α,β-unsaturated/α-hetero) is 1. The van der Waals surface area contributed by atoms with Crippen molar-refractivity contribution < 1.29 is 18.3 Å². The van der Waals surface area contributed by atoms with E-state index in [0.29, 0.717) is 36.7 Å². The fourth-order valence-electron chi connectivity index (χ4n) is 3.94. The van der Waals surface area contributed by atoms with Crippen LogP contribution in [0.1, 0.15) is 56.4 Å². The number of nitrogens with zero attached hydrogens (tertiary/aromatic N) is 4. The van der Waals surface area contributed by atoms with Crippen LogP contribution in [-0.2, 0) is 7.05 Å². The monoisotopic (exact) mass is 408 g/mol. The quantitative estimate of drug-likeness (QED) is 0.585. The number of ketones is 1. The first kappa shape index (κ1) is 21.6. The molecule has 1 aliphatic heterocycles. The highest BCUT2D eigenvalue weighted by Gasteiger charge is 2.26. The Balaban J connectivity index is 1.67. The number of halogens is 2. The molecule has 0 saturated carbocycles. The number of pyridine rings is 1. The number of likely N-dealkylation sites (tertiary alicyclic amines) is 1. The first-order valence-corrected chi connectivity index (χ1v) is 10.4. The van der Waals surface area contributed by atoms with Gasteiger partial charge in [-0.15, -0.1) is 0 Å². The molecule has 0 aromatic carbocycles. The van der Waals surface area contributed by atoms with E-state index in [1.807, 2.05) is 6.07 Å². The molecule has 0 aliphatic carbocycles. The van der Waals surface area contributed by atoms with Crippen molar-refractivity contribution in [3.8, 4) is 5.88 Å². The van der Waals surface area contributed by atoms with E-state index in [9.17, 15) is 13.6 Å². The molecular weight excluding hydrogens is 378 g/mol. The molecule has 2 aromatic heterocycles. The minimum absolute atomic E-state index is 0.0154. The number of hydrogen-bond acceptors (Lipinski definition) is 5. The Labute approximate surface area is 170 Å². The van der Waals surface area contributed by atoms with Crippen LogP contribution >= 0.6 is 0 Å². The van der Waals surface area contributed by atoms with Gasteiger partial charge in [-0.25, -0.2) is 13.5 Å². The van der Waals surface area contributed by atoms with Crippen LogP contribution in [0.15, 0.2) is 12.1 Å². The molecule has 8 heteroatoms. The van der Waals surface area contributed by atoms with Crippen molar-refractivity contribution in [2.45, 2.75) is 58.5 Å². The van der Waals surface area contributed by atoms with E-state index in [4.69, 9.17) is 4.74 Å². The molecule has 0 amide bonds. The van der Waals surface area contributed by atoms with Crippen LogP contribution in [0.4, 0.5) is 8.78 Å². The molecule has 0 bridgehead atoms. The Kier molecular flexibility index (Phi) is 7.16. The van der Waals surface area contributed by atoms with Crippen LogP contribution in [-0.4, -0.2) is 57.6 Å². The maximum absolute atomic E-state index is 12.9. The third-order valence-corrected chi connectivity index (χ3v) is 5.70. The third-order valence-electron chi connectivity index (χ3n) is 5.70. The van der Waals surface area contributed by atoms with Crippen molar-refractivity contribution in [1.82, 2.24) is 19.7 Å². The predicted molar refractivity (Wildman–Crippen MR) is 108 cm³/mol. The minimum Gasteiger partial charge on any atom is -0.474 e. The van der Waals surface area contributed by atoms with Gasteiger partial charge in [-0.1, -0.05) is 13.8 Å². The van der Waals surface area contributed by atoms with Gasteiger partial charge in [0.25, 0.3) is 6.43 Å². The second-order valence-corrected chi connectivity index (χ2v) is 7.81. The Hall–Kier alpha value is -2.09. The second kappa shape index (κ2) is 9.61. The van der Waals surface area contributed by atoms with Gasteiger partial charge in [-0.2, -0.15) is 10.1 Å². The Morgan fingerprint density at radius 2 is 1.93 bits per heavy atom. The van der Waals surface area contributed by atoms with Crippen molar-refractivity contribution in [1.29, 1.82) is 0 Å². The Bertz CT molecular complexity index is 827. The molecule has 1 saturated heterocycles. The zero-order chi connectivity index (χ0) is 21.0. The number of fused-ring (bicyclic) bond motifs is 1. The van der Waals surface area contributed by atoms with Gasteiger partial charge >= 0.3 is 0 Å². The van der Waals surface area contributed by atoms with E-state index in [-0.39, 0.29) is 24.3 Å². The van der Waals surface area contributed by atoms with Gasteiger partial charge in [-0.3, -0.25) is 9.69 Å². The average Bonchev–Trinajstić information content (AvgIpc) is 3.03. The number of carbonyl (C=O) groups is 1. The molecule has 1 aliphatic rings. The third kappa shape index (κ3) is 5.29. The number of piperidine rings is 1. The summed E-state index contributed by atoms with van der Waals surface area (Å²) in [6, 6.07) is 3.65. The minimum atomic E-state index is -2.31. The summed E-state index contributed by atoms with van der Waals surface area (Å²) in [7, 11) is 1.77. The molecule has 0 N–H and O–H groups in total. The highest BCUT2D eigenvalue weighted by atomic mass is 19.3. The highest BCUT2D eigenvalue weighted by molar-refractivity contribution is 6.05. The molecule has 1 fully saturated rings. The van der Waals surface area contributed by atoms with Crippen LogP contribution in [0.5, 0.6) is 5.88 Å². The van der Waals surface area contributed by atoms with Gasteiger partial charge in [0.2, 0.25) is 5.88 Å². The molecule has 0 spiro atoms. The second-order valence-electron chi connectivity index (χ2n) is 7.81. The maximum Gasteiger partial charge on any atom is 0.251 e. The van der Waals surface area contributed by atoms with Gasteiger partial charge in [0.15, 0.2) is 11.4 Å². The summed E-state index contributed by atoms with van der Waals surface area (Å²) in [4.78, 5) is 19.2. The summed E-state index contributed by atoms with van der Waals surface area (Å²) in [5.41, 5.74) is 1.06. The number of aromatic nitrogens is 3. The number of alkyl halides is 2. The van der Waals surface area contributed by atoms with E-state index in [2.05, 4.69) is 23.9 Å². The summed E-state index contributed by atoms with van der Waals surface area (Å²) < 4.78 is 32.6. The lowest BCUT2D eigenvalue weighted by Crippen LogP contribution is -2.37. The van der Waals surface area contributed by atoms with Crippen LogP contribution in [0.2, 0.25) is 0 Å². The Morgan fingerprint density at radius 3 is 2.55 bits per heavy atom. The molecule has 29 heavy (non-hydrogen) atoms. The molecule has 6 nitrogen and oxygen atoms in total. The van der Waals surface area contributed by atoms with Crippen molar-refractivity contribution in [2.75, 3.05) is 19.6 Å². The summed E-state index contributed by atoms with van der Waals surface area (Å²) in [6.45, 7) is 5.20. The molecule has 2 aromatic rings.